The highest BCUT2D eigenvalue weighted by Gasteiger charge is 2.24. The maximum atomic E-state index is 11.9. The number of hydrogen-bond donors (Lipinski definition) is 1. The van der Waals surface area contributed by atoms with Crippen LogP contribution in [0.3, 0.4) is 0 Å². The number of rotatable bonds is 4. The van der Waals surface area contributed by atoms with Gasteiger partial charge in [0, 0.05) is 6.04 Å². The first-order valence-corrected chi connectivity index (χ1v) is 6.35. The number of esters is 1. The van der Waals surface area contributed by atoms with Gasteiger partial charge >= 0.3 is 5.97 Å². The molecule has 1 unspecified atom stereocenters. The van der Waals surface area contributed by atoms with Gasteiger partial charge in [0.2, 0.25) is 0 Å². The van der Waals surface area contributed by atoms with Gasteiger partial charge in [-0.2, -0.15) is 0 Å². The lowest BCUT2D eigenvalue weighted by atomic mass is 10.1. The highest BCUT2D eigenvalue weighted by molar-refractivity contribution is 5.78. The van der Waals surface area contributed by atoms with Crippen molar-refractivity contribution in [2.24, 2.45) is 0 Å². The summed E-state index contributed by atoms with van der Waals surface area (Å²) in [5.74, 6) is 1.07. The van der Waals surface area contributed by atoms with Crippen LogP contribution in [-0.4, -0.2) is 32.3 Å². The number of nitrogens with one attached hydrogen (secondary N) is 1. The van der Waals surface area contributed by atoms with E-state index in [0.717, 1.165) is 5.56 Å². The topological polar surface area (TPSA) is 56.8 Å². The molecule has 0 amide bonds. The lowest BCUT2D eigenvalue weighted by molar-refractivity contribution is -0.143. The average molecular weight is 265 g/mol. The smallest absolute Gasteiger partial charge is 0.327 e. The van der Waals surface area contributed by atoms with Crippen molar-refractivity contribution in [3.8, 4) is 11.5 Å². The molecule has 1 aliphatic heterocycles. The molecule has 0 aromatic heterocycles. The van der Waals surface area contributed by atoms with Crippen LogP contribution in [0.4, 0.5) is 0 Å². The molecule has 0 spiro atoms. The van der Waals surface area contributed by atoms with Crippen LogP contribution in [0.15, 0.2) is 18.2 Å². The highest BCUT2D eigenvalue weighted by atomic mass is 16.6. The van der Waals surface area contributed by atoms with Crippen molar-refractivity contribution in [1.29, 1.82) is 0 Å². The van der Waals surface area contributed by atoms with E-state index in [1.807, 2.05) is 32.0 Å². The summed E-state index contributed by atoms with van der Waals surface area (Å²) in [6.45, 7) is 5.04. The van der Waals surface area contributed by atoms with E-state index in [-0.39, 0.29) is 12.0 Å². The molecule has 2 rings (SSSR count). The molecular weight excluding hydrogens is 246 g/mol. The molecule has 1 aromatic carbocycles. The third-order valence-electron chi connectivity index (χ3n) is 2.84. The van der Waals surface area contributed by atoms with E-state index in [2.05, 4.69) is 5.32 Å². The fourth-order valence-electron chi connectivity index (χ4n) is 1.99. The van der Waals surface area contributed by atoms with Crippen LogP contribution in [0.5, 0.6) is 11.5 Å². The molecule has 1 atom stereocenters. The molecule has 5 nitrogen and oxygen atoms in total. The van der Waals surface area contributed by atoms with Crippen molar-refractivity contribution in [1.82, 2.24) is 5.32 Å². The number of carbonyl (C=O) groups is 1. The van der Waals surface area contributed by atoms with Crippen LogP contribution in [0.1, 0.15) is 25.5 Å². The molecule has 0 saturated carbocycles. The first kappa shape index (κ1) is 13.7. The van der Waals surface area contributed by atoms with Gasteiger partial charge in [-0.05, 0) is 31.5 Å². The van der Waals surface area contributed by atoms with Crippen molar-refractivity contribution >= 4 is 5.97 Å². The van der Waals surface area contributed by atoms with E-state index >= 15 is 0 Å². The van der Waals surface area contributed by atoms with Crippen LogP contribution in [0.25, 0.3) is 0 Å². The number of hydrogen-bond acceptors (Lipinski definition) is 5. The number of benzene rings is 1. The van der Waals surface area contributed by atoms with Crippen molar-refractivity contribution in [3.63, 3.8) is 0 Å². The molecule has 0 fully saturated rings. The maximum absolute atomic E-state index is 11.9. The Morgan fingerprint density at radius 3 is 2.58 bits per heavy atom. The molecule has 0 radical (unpaired) electrons. The Hall–Kier alpha value is -1.75. The minimum atomic E-state index is -0.499. The largest absolute Gasteiger partial charge is 0.486 e. The standard InChI is InChI=1S/C14H19NO4/c1-9(2)15-13(14(16)17-3)10-4-5-11-12(8-10)19-7-6-18-11/h4-5,8-9,13,15H,6-7H2,1-3H3. The average Bonchev–Trinajstić information content (AvgIpc) is 2.43. The minimum absolute atomic E-state index is 0.164. The second-order valence-corrected chi connectivity index (χ2v) is 4.68. The lowest BCUT2D eigenvalue weighted by Crippen LogP contribution is -2.34. The summed E-state index contributed by atoms with van der Waals surface area (Å²) in [4.78, 5) is 11.9. The number of fused-ring (bicyclic) bond motifs is 1. The first-order chi connectivity index (χ1) is 9.11. The molecule has 1 aliphatic rings. The fourth-order valence-corrected chi connectivity index (χ4v) is 1.99. The van der Waals surface area contributed by atoms with Crippen molar-refractivity contribution in [2.75, 3.05) is 20.3 Å². The predicted molar refractivity (Wildman–Crippen MR) is 70.5 cm³/mol. The molecule has 1 aromatic rings. The van der Waals surface area contributed by atoms with E-state index in [4.69, 9.17) is 14.2 Å². The van der Waals surface area contributed by atoms with Crippen LogP contribution in [0.2, 0.25) is 0 Å². The summed E-state index contributed by atoms with van der Waals surface area (Å²) >= 11 is 0. The summed E-state index contributed by atoms with van der Waals surface area (Å²) in [5.41, 5.74) is 0.810. The van der Waals surface area contributed by atoms with E-state index < -0.39 is 6.04 Å². The maximum Gasteiger partial charge on any atom is 0.327 e. The van der Waals surface area contributed by atoms with Crippen LogP contribution in [0, 0.1) is 0 Å². The summed E-state index contributed by atoms with van der Waals surface area (Å²) in [7, 11) is 1.38. The van der Waals surface area contributed by atoms with Gasteiger partial charge in [0.05, 0.1) is 7.11 Å². The molecule has 104 valence electrons. The van der Waals surface area contributed by atoms with Gasteiger partial charge in [-0.3, -0.25) is 5.32 Å². The monoisotopic (exact) mass is 265 g/mol. The predicted octanol–water partition coefficient (Wildman–Crippen LogP) is 1.67. The zero-order chi connectivity index (χ0) is 13.8. The van der Waals surface area contributed by atoms with Gasteiger partial charge in [0.15, 0.2) is 11.5 Å². The Labute approximate surface area is 112 Å². The normalized spacial score (nSPS) is 15.2. The van der Waals surface area contributed by atoms with Crippen LogP contribution >= 0.6 is 0 Å². The molecule has 0 aliphatic carbocycles. The van der Waals surface area contributed by atoms with Gasteiger partial charge in [-0.1, -0.05) is 6.07 Å². The minimum Gasteiger partial charge on any atom is -0.486 e. The molecular formula is C14H19NO4. The number of methoxy groups -OCH3 is 1. The second-order valence-electron chi connectivity index (χ2n) is 4.68. The van der Waals surface area contributed by atoms with Crippen LogP contribution < -0.4 is 14.8 Å². The fraction of sp³-hybridized carbons (Fsp3) is 0.500. The third-order valence-corrected chi connectivity index (χ3v) is 2.84. The van der Waals surface area contributed by atoms with Gasteiger partial charge in [0.1, 0.15) is 19.3 Å². The number of ether oxygens (including phenoxy) is 3. The first-order valence-electron chi connectivity index (χ1n) is 6.35. The Morgan fingerprint density at radius 1 is 1.26 bits per heavy atom. The van der Waals surface area contributed by atoms with E-state index in [0.29, 0.717) is 24.7 Å². The van der Waals surface area contributed by atoms with E-state index in [1.54, 1.807) is 0 Å². The van der Waals surface area contributed by atoms with Crippen molar-refractivity contribution in [2.45, 2.75) is 25.9 Å². The number of carbonyl (C=O) groups excluding carboxylic acids is 1. The van der Waals surface area contributed by atoms with Gasteiger partial charge in [-0.15, -0.1) is 0 Å². The Bertz CT molecular complexity index is 459. The summed E-state index contributed by atoms with van der Waals surface area (Å²) in [6, 6.07) is 5.16. The second kappa shape index (κ2) is 5.93. The Morgan fingerprint density at radius 2 is 1.95 bits per heavy atom. The Kier molecular flexibility index (Phi) is 4.27. The molecule has 0 bridgehead atoms. The highest BCUT2D eigenvalue weighted by Crippen LogP contribution is 2.33. The van der Waals surface area contributed by atoms with Crippen molar-refractivity contribution in [3.05, 3.63) is 23.8 Å². The molecule has 19 heavy (non-hydrogen) atoms. The van der Waals surface area contributed by atoms with E-state index in [1.165, 1.54) is 7.11 Å². The third kappa shape index (κ3) is 3.17. The lowest BCUT2D eigenvalue weighted by Gasteiger charge is -2.23. The molecule has 0 saturated heterocycles. The zero-order valence-corrected chi connectivity index (χ0v) is 11.4. The summed E-state index contributed by atoms with van der Waals surface area (Å²) < 4.78 is 15.8. The van der Waals surface area contributed by atoms with E-state index in [9.17, 15) is 4.79 Å². The van der Waals surface area contributed by atoms with Crippen LogP contribution in [-0.2, 0) is 9.53 Å². The quantitative estimate of drug-likeness (QED) is 0.839. The van der Waals surface area contributed by atoms with Gasteiger partial charge < -0.3 is 14.2 Å². The van der Waals surface area contributed by atoms with Gasteiger partial charge in [-0.25, -0.2) is 4.79 Å². The molecule has 1 heterocycles. The SMILES string of the molecule is COC(=O)C(NC(C)C)c1ccc2c(c1)OCCO2. The van der Waals surface area contributed by atoms with Crippen molar-refractivity contribution < 1.29 is 19.0 Å². The zero-order valence-electron chi connectivity index (χ0n) is 11.4. The Balaban J connectivity index is 2.28. The van der Waals surface area contributed by atoms with Gasteiger partial charge in [0.25, 0.3) is 0 Å². The summed E-state index contributed by atoms with van der Waals surface area (Å²) in [6.07, 6.45) is 0. The molecule has 1 N–H and O–H groups in total. The summed E-state index contributed by atoms with van der Waals surface area (Å²) in [5, 5.41) is 3.18. The molecule has 5 heteroatoms.